The van der Waals surface area contributed by atoms with E-state index in [0.717, 1.165) is 21.9 Å². The maximum atomic E-state index is 13.8. The number of ether oxygens (including phenoxy) is 1. The van der Waals surface area contributed by atoms with Crippen molar-refractivity contribution in [1.82, 2.24) is 4.98 Å². The molecule has 2 aliphatic carbocycles. The van der Waals surface area contributed by atoms with Gasteiger partial charge in [-0.3, -0.25) is 24.1 Å². The van der Waals surface area contributed by atoms with Gasteiger partial charge in [0, 0.05) is 21.7 Å². The van der Waals surface area contributed by atoms with Gasteiger partial charge in [-0.15, -0.1) is 11.8 Å². The molecule has 2 aliphatic heterocycles. The molecule has 8 nitrogen and oxygen atoms in total. The zero-order chi connectivity index (χ0) is 30.1. The van der Waals surface area contributed by atoms with E-state index in [2.05, 4.69) is 10.3 Å². The second-order valence-electron chi connectivity index (χ2n) is 11.7. The number of para-hydroxylation sites is 1. The molecule has 2 saturated carbocycles. The molecule has 44 heavy (non-hydrogen) atoms. The smallest absolute Gasteiger partial charge is 0.305 e. The Labute approximate surface area is 259 Å². The minimum Gasteiger partial charge on any atom is -0.484 e. The Balaban J connectivity index is 1.05. The van der Waals surface area contributed by atoms with Gasteiger partial charge in [0.25, 0.3) is 5.91 Å². The number of nitrogens with zero attached hydrogens (tertiary/aromatic N) is 1. The second kappa shape index (κ2) is 10.4. The number of aromatic amines is 1. The lowest BCUT2D eigenvalue weighted by atomic mass is 9.68. The molecular weight excluding hydrogens is 602 g/mol. The first-order valence-corrected chi connectivity index (χ1v) is 16.2. The molecule has 0 radical (unpaired) electrons. The molecule has 7 atom stereocenters. The zero-order valence-corrected chi connectivity index (χ0v) is 24.8. The summed E-state index contributed by atoms with van der Waals surface area (Å²) < 4.78 is 18.9. The van der Waals surface area contributed by atoms with E-state index in [-0.39, 0.29) is 75.8 Å². The van der Waals surface area contributed by atoms with Crippen LogP contribution in [0, 0.1) is 35.4 Å². The van der Waals surface area contributed by atoms with Crippen molar-refractivity contribution in [3.05, 3.63) is 105 Å². The van der Waals surface area contributed by atoms with Crippen LogP contribution in [0.15, 0.2) is 88.7 Å². The molecule has 0 spiro atoms. The molecule has 4 aliphatic rings. The van der Waals surface area contributed by atoms with Gasteiger partial charge in [0.2, 0.25) is 11.8 Å². The molecule has 3 amide bonds. The van der Waals surface area contributed by atoms with Crippen LogP contribution in [0.25, 0.3) is 0 Å². The van der Waals surface area contributed by atoms with Gasteiger partial charge in [0.1, 0.15) is 11.6 Å². The third-order valence-corrected chi connectivity index (χ3v) is 12.1. The van der Waals surface area contributed by atoms with Crippen molar-refractivity contribution in [2.75, 3.05) is 16.8 Å². The summed E-state index contributed by atoms with van der Waals surface area (Å²) in [4.78, 5) is 57.7. The highest BCUT2D eigenvalue weighted by Gasteiger charge is 2.69. The lowest BCUT2D eigenvalue weighted by molar-refractivity contribution is -0.123. The SMILES string of the molecule is O=C(COc1ccc([C@H]2c3sc(=O)[nH]c3SC3C2[C@H]2C[C@@H]3C3C(=O)N(c4ccccc4)C(=O)C32)cc1)Nc1ccc(F)cc1. The summed E-state index contributed by atoms with van der Waals surface area (Å²) in [6.45, 7) is -0.216. The van der Waals surface area contributed by atoms with Crippen molar-refractivity contribution in [2.45, 2.75) is 22.6 Å². The number of anilines is 2. The summed E-state index contributed by atoms with van der Waals surface area (Å²) in [5, 5.41) is 3.63. The molecule has 3 aromatic carbocycles. The molecule has 2 bridgehead atoms. The Morgan fingerprint density at radius 2 is 1.64 bits per heavy atom. The molecule has 8 rings (SSSR count). The van der Waals surface area contributed by atoms with Crippen molar-refractivity contribution < 1.29 is 23.5 Å². The third-order valence-electron chi connectivity index (χ3n) is 9.48. The van der Waals surface area contributed by atoms with E-state index in [1.165, 1.54) is 40.5 Å². The number of hydrogen-bond donors (Lipinski definition) is 2. The summed E-state index contributed by atoms with van der Waals surface area (Å²) >= 11 is 2.87. The van der Waals surface area contributed by atoms with Crippen LogP contribution in [-0.4, -0.2) is 34.6 Å². The maximum Gasteiger partial charge on any atom is 0.305 e. The number of thiazole rings is 1. The van der Waals surface area contributed by atoms with Gasteiger partial charge in [-0.2, -0.15) is 0 Å². The van der Waals surface area contributed by atoms with Gasteiger partial charge in [-0.05, 0) is 78.3 Å². The fourth-order valence-electron chi connectivity index (χ4n) is 7.87. The van der Waals surface area contributed by atoms with Crippen LogP contribution in [0.3, 0.4) is 0 Å². The zero-order valence-electron chi connectivity index (χ0n) is 23.1. The monoisotopic (exact) mass is 627 g/mol. The van der Waals surface area contributed by atoms with Gasteiger partial charge in [0.15, 0.2) is 6.61 Å². The number of aromatic nitrogens is 1. The number of nitrogens with one attached hydrogen (secondary N) is 2. The first kappa shape index (κ1) is 27.3. The van der Waals surface area contributed by atoms with Crippen molar-refractivity contribution >= 4 is 52.2 Å². The molecular formula is C33H26FN3O5S2. The summed E-state index contributed by atoms with van der Waals surface area (Å²) in [7, 11) is 0. The topological polar surface area (TPSA) is 109 Å². The minimum absolute atomic E-state index is 0.0223. The molecule has 3 fully saturated rings. The standard InChI is InChI=1S/C33H26FN3O5S2/c34-17-8-10-18(11-9-17)35-23(38)15-42-20-12-6-16(7-13-20)24-25-21-14-22(28(25)43-30-29(24)44-33(41)36-30)27-26(21)31(39)37(32(27)40)19-4-2-1-3-5-19/h1-13,21-22,24-28H,14-15H2,(H,35,38)(H,36,41)/t21-,22-,24-,25?,26?,27?,28?/m1/s1. The normalized spacial score (nSPS) is 28.0. The van der Waals surface area contributed by atoms with Crippen LogP contribution in [0.1, 0.15) is 22.8 Å². The van der Waals surface area contributed by atoms with Crippen molar-refractivity contribution in [1.29, 1.82) is 0 Å². The number of thioether (sulfide) groups is 1. The third kappa shape index (κ3) is 4.32. The van der Waals surface area contributed by atoms with E-state index >= 15 is 0 Å². The number of imide groups is 1. The highest BCUT2D eigenvalue weighted by Crippen LogP contribution is 2.68. The van der Waals surface area contributed by atoms with Crippen LogP contribution in [-0.2, 0) is 14.4 Å². The average molecular weight is 628 g/mol. The Morgan fingerprint density at radius 3 is 2.36 bits per heavy atom. The summed E-state index contributed by atoms with van der Waals surface area (Å²) in [5.41, 5.74) is 2.10. The van der Waals surface area contributed by atoms with E-state index in [4.69, 9.17) is 4.74 Å². The number of fused-ring (bicyclic) bond motifs is 9. The largest absolute Gasteiger partial charge is 0.484 e. The average Bonchev–Trinajstić information content (AvgIpc) is 3.77. The van der Waals surface area contributed by atoms with E-state index in [1.54, 1.807) is 11.8 Å². The molecule has 1 saturated heterocycles. The van der Waals surface area contributed by atoms with E-state index in [9.17, 15) is 23.6 Å². The molecule has 2 N–H and O–H groups in total. The quantitative estimate of drug-likeness (QED) is 0.282. The molecule has 11 heteroatoms. The highest BCUT2D eigenvalue weighted by molar-refractivity contribution is 8.00. The van der Waals surface area contributed by atoms with Crippen LogP contribution in [0.2, 0.25) is 0 Å². The number of carbonyl (C=O) groups is 3. The Hall–Kier alpha value is -4.22. The summed E-state index contributed by atoms with van der Waals surface area (Å²) in [6.07, 6.45) is 0.817. The Bertz CT molecular complexity index is 1840. The number of rotatable bonds is 6. The minimum atomic E-state index is -0.385. The van der Waals surface area contributed by atoms with Crippen LogP contribution < -0.4 is 19.8 Å². The van der Waals surface area contributed by atoms with Crippen molar-refractivity contribution in [2.24, 2.45) is 29.6 Å². The first-order chi connectivity index (χ1) is 21.4. The number of carbonyl (C=O) groups excluding carboxylic acids is 3. The van der Waals surface area contributed by atoms with Gasteiger partial charge in [-0.25, -0.2) is 4.39 Å². The van der Waals surface area contributed by atoms with Crippen LogP contribution >= 0.6 is 23.1 Å². The van der Waals surface area contributed by atoms with Gasteiger partial charge < -0.3 is 15.0 Å². The predicted molar refractivity (Wildman–Crippen MR) is 164 cm³/mol. The van der Waals surface area contributed by atoms with E-state index in [1.807, 2.05) is 54.6 Å². The highest BCUT2D eigenvalue weighted by atomic mass is 32.2. The van der Waals surface area contributed by atoms with Gasteiger partial charge >= 0.3 is 4.87 Å². The number of benzene rings is 3. The lowest BCUT2D eigenvalue weighted by Gasteiger charge is -2.43. The maximum absolute atomic E-state index is 13.8. The van der Waals surface area contributed by atoms with Gasteiger partial charge in [-0.1, -0.05) is 41.7 Å². The van der Waals surface area contributed by atoms with Crippen LogP contribution in [0.5, 0.6) is 5.75 Å². The second-order valence-corrected chi connectivity index (χ2v) is 13.9. The molecule has 3 heterocycles. The van der Waals surface area contributed by atoms with Crippen molar-refractivity contribution in [3.8, 4) is 5.75 Å². The van der Waals surface area contributed by atoms with Crippen LogP contribution in [0.4, 0.5) is 15.8 Å². The number of H-pyrrole nitrogens is 1. The van der Waals surface area contributed by atoms with E-state index < -0.39 is 0 Å². The Morgan fingerprint density at radius 1 is 0.932 bits per heavy atom. The first-order valence-electron chi connectivity index (χ1n) is 14.5. The lowest BCUT2D eigenvalue weighted by Crippen LogP contribution is -2.42. The summed E-state index contributed by atoms with van der Waals surface area (Å²) in [5.74, 6) is -1.12. The van der Waals surface area contributed by atoms with E-state index in [0.29, 0.717) is 17.1 Å². The van der Waals surface area contributed by atoms with Crippen molar-refractivity contribution in [3.63, 3.8) is 0 Å². The predicted octanol–water partition coefficient (Wildman–Crippen LogP) is 5.27. The Kier molecular flexibility index (Phi) is 6.49. The van der Waals surface area contributed by atoms with Gasteiger partial charge in [0.05, 0.1) is 22.5 Å². The molecule has 4 aromatic rings. The summed E-state index contributed by atoms with van der Waals surface area (Å²) in [6, 6.07) is 22.2. The molecule has 1 aromatic heterocycles. The molecule has 4 unspecified atom stereocenters. The number of amides is 3. The number of hydrogen-bond acceptors (Lipinski definition) is 7. The fourth-order valence-corrected chi connectivity index (χ4v) is 10.8. The molecule has 222 valence electrons. The fraction of sp³-hybridized carbons (Fsp3) is 0.273. The number of halogens is 1.